The number of nitrogens with one attached hydrogen (secondary N) is 1. The molecule has 3 heterocycles. The Kier molecular flexibility index (Phi) is 6.63. The lowest BCUT2D eigenvalue weighted by atomic mass is 10.1. The van der Waals surface area contributed by atoms with Gasteiger partial charge in [-0.25, -0.2) is 9.67 Å². The van der Waals surface area contributed by atoms with Crippen molar-refractivity contribution in [1.82, 2.24) is 19.7 Å². The fourth-order valence-electron chi connectivity index (χ4n) is 2.60. The van der Waals surface area contributed by atoms with Gasteiger partial charge in [0.1, 0.15) is 16.5 Å². The van der Waals surface area contributed by atoms with Crippen LogP contribution in [0.4, 0.5) is 11.5 Å². The number of hydrogen-bond acceptors (Lipinski definition) is 7. The van der Waals surface area contributed by atoms with Gasteiger partial charge in [-0.1, -0.05) is 23.2 Å². The topological polar surface area (TPSA) is 100 Å². The van der Waals surface area contributed by atoms with Crippen LogP contribution >= 0.6 is 34.8 Å². The van der Waals surface area contributed by atoms with Gasteiger partial charge in [0.2, 0.25) is 5.28 Å². The minimum absolute atomic E-state index is 0.134. The zero-order chi connectivity index (χ0) is 18.5. The van der Waals surface area contributed by atoms with E-state index in [9.17, 15) is 0 Å². The van der Waals surface area contributed by atoms with Gasteiger partial charge in [0, 0.05) is 19.8 Å². The maximum Gasteiger partial charge on any atom is 0.257 e. The third-order valence-corrected chi connectivity index (χ3v) is 4.79. The van der Waals surface area contributed by atoms with Crippen LogP contribution in [0.2, 0.25) is 15.5 Å². The van der Waals surface area contributed by atoms with Gasteiger partial charge in [-0.05, 0) is 30.9 Å². The van der Waals surface area contributed by atoms with Crippen LogP contribution in [0.1, 0.15) is 25.3 Å². The number of halogens is 3. The van der Waals surface area contributed by atoms with Gasteiger partial charge >= 0.3 is 0 Å². The van der Waals surface area contributed by atoms with Gasteiger partial charge in [-0.3, -0.25) is 0 Å². The summed E-state index contributed by atoms with van der Waals surface area (Å²) in [6, 6.07) is 0.183. The molecule has 3 rings (SSSR count). The van der Waals surface area contributed by atoms with E-state index in [1.54, 1.807) is 4.68 Å². The quantitative estimate of drug-likeness (QED) is 0.521. The van der Waals surface area contributed by atoms with Crippen molar-refractivity contribution in [3.05, 3.63) is 21.7 Å². The van der Waals surface area contributed by atoms with E-state index in [1.165, 1.54) is 6.20 Å². The van der Waals surface area contributed by atoms with Crippen molar-refractivity contribution in [1.29, 1.82) is 0 Å². The van der Waals surface area contributed by atoms with E-state index < -0.39 is 0 Å². The average Bonchev–Trinajstić information content (AvgIpc) is 2.93. The SMILES string of the molecule is Nc1c(OCCCNc2nc(Cl)ncc2Cl)nn(C2CCOCC2)c1Cl. The Morgan fingerprint density at radius 2 is 2.08 bits per heavy atom. The zero-order valence-electron chi connectivity index (χ0n) is 13.9. The molecule has 11 heteroatoms. The van der Waals surface area contributed by atoms with Gasteiger partial charge in [0.15, 0.2) is 5.15 Å². The van der Waals surface area contributed by atoms with Crippen molar-refractivity contribution in [2.45, 2.75) is 25.3 Å². The van der Waals surface area contributed by atoms with E-state index in [0.717, 1.165) is 12.8 Å². The van der Waals surface area contributed by atoms with Crippen molar-refractivity contribution in [3.63, 3.8) is 0 Å². The maximum absolute atomic E-state index is 6.30. The second-order valence-corrected chi connectivity index (χ2v) is 6.87. The van der Waals surface area contributed by atoms with E-state index >= 15 is 0 Å². The van der Waals surface area contributed by atoms with E-state index in [2.05, 4.69) is 20.4 Å². The third kappa shape index (κ3) is 4.62. The van der Waals surface area contributed by atoms with Crippen LogP contribution < -0.4 is 15.8 Å². The van der Waals surface area contributed by atoms with Crippen LogP contribution in [0, 0.1) is 0 Å². The lowest BCUT2D eigenvalue weighted by Gasteiger charge is -2.22. The summed E-state index contributed by atoms with van der Waals surface area (Å²) in [5.74, 6) is 0.836. The number of nitrogens with zero attached hydrogens (tertiary/aromatic N) is 4. The molecule has 26 heavy (non-hydrogen) atoms. The van der Waals surface area contributed by atoms with E-state index in [4.69, 9.17) is 50.0 Å². The number of nitrogens with two attached hydrogens (primary N) is 1. The molecule has 8 nitrogen and oxygen atoms in total. The normalized spacial score (nSPS) is 15.2. The lowest BCUT2D eigenvalue weighted by Crippen LogP contribution is -2.20. The standard InChI is InChI=1S/C15H19Cl3N6O2/c16-10-8-21-15(18)22-13(10)20-4-1-5-26-14-11(19)12(17)24(23-14)9-2-6-25-7-3-9/h8-9H,1-7,19H2,(H,20,21,22). The fraction of sp³-hybridized carbons (Fsp3) is 0.533. The Bertz CT molecular complexity index is 751. The summed E-state index contributed by atoms with van der Waals surface area (Å²) in [5, 5.41) is 8.44. The Morgan fingerprint density at radius 3 is 2.85 bits per heavy atom. The van der Waals surface area contributed by atoms with Crippen molar-refractivity contribution < 1.29 is 9.47 Å². The monoisotopic (exact) mass is 420 g/mol. The summed E-state index contributed by atoms with van der Waals surface area (Å²) in [4.78, 5) is 7.81. The first-order valence-corrected chi connectivity index (χ1v) is 9.35. The summed E-state index contributed by atoms with van der Waals surface area (Å²) in [6.07, 6.45) is 3.83. The zero-order valence-corrected chi connectivity index (χ0v) is 16.2. The number of aromatic nitrogens is 4. The summed E-state index contributed by atoms with van der Waals surface area (Å²) < 4.78 is 12.8. The third-order valence-electron chi connectivity index (χ3n) is 3.96. The molecule has 0 radical (unpaired) electrons. The molecule has 0 spiro atoms. The molecule has 142 valence electrons. The van der Waals surface area contributed by atoms with E-state index in [1.807, 2.05) is 0 Å². The molecule has 0 saturated carbocycles. The minimum Gasteiger partial charge on any atom is -0.475 e. The van der Waals surface area contributed by atoms with Gasteiger partial charge < -0.3 is 20.5 Å². The molecule has 0 bridgehead atoms. The van der Waals surface area contributed by atoms with Crippen LogP contribution in [0.3, 0.4) is 0 Å². The fourth-order valence-corrected chi connectivity index (χ4v) is 3.15. The first-order valence-electron chi connectivity index (χ1n) is 8.22. The first-order chi connectivity index (χ1) is 12.6. The van der Waals surface area contributed by atoms with Crippen molar-refractivity contribution in [2.75, 3.05) is 37.4 Å². The molecule has 2 aromatic rings. The number of ether oxygens (including phenoxy) is 2. The van der Waals surface area contributed by atoms with Crippen molar-refractivity contribution in [2.24, 2.45) is 0 Å². The Labute approximate surface area is 165 Å². The van der Waals surface area contributed by atoms with Gasteiger partial charge in [-0.15, -0.1) is 5.10 Å². The molecular weight excluding hydrogens is 403 g/mol. The maximum atomic E-state index is 6.30. The van der Waals surface area contributed by atoms with Gasteiger partial charge in [0.25, 0.3) is 5.88 Å². The number of anilines is 2. The predicted octanol–water partition coefficient (Wildman–Crippen LogP) is 3.45. The van der Waals surface area contributed by atoms with Crippen LogP contribution in [0.25, 0.3) is 0 Å². The summed E-state index contributed by atoms with van der Waals surface area (Å²) in [7, 11) is 0. The highest BCUT2D eigenvalue weighted by atomic mass is 35.5. The average molecular weight is 422 g/mol. The van der Waals surface area contributed by atoms with Crippen molar-refractivity contribution in [3.8, 4) is 5.88 Å². The number of rotatable bonds is 7. The highest BCUT2D eigenvalue weighted by molar-refractivity contribution is 6.33. The largest absolute Gasteiger partial charge is 0.475 e. The summed E-state index contributed by atoms with van der Waals surface area (Å²) in [5.41, 5.74) is 6.37. The molecule has 0 aliphatic carbocycles. The van der Waals surface area contributed by atoms with E-state index in [-0.39, 0.29) is 11.3 Å². The van der Waals surface area contributed by atoms with Crippen LogP contribution in [0.5, 0.6) is 5.88 Å². The summed E-state index contributed by atoms with van der Waals surface area (Å²) in [6.45, 7) is 2.38. The minimum atomic E-state index is 0.134. The van der Waals surface area contributed by atoms with Crippen LogP contribution in [0.15, 0.2) is 6.20 Å². The summed E-state index contributed by atoms with van der Waals surface area (Å²) >= 11 is 18.0. The highest BCUT2D eigenvalue weighted by Crippen LogP contribution is 2.34. The molecule has 1 fully saturated rings. The number of hydrogen-bond donors (Lipinski definition) is 2. The van der Waals surface area contributed by atoms with Gasteiger partial charge in [0.05, 0.1) is 18.8 Å². The number of nitrogen functional groups attached to an aromatic ring is 1. The smallest absolute Gasteiger partial charge is 0.257 e. The molecule has 0 atom stereocenters. The second kappa shape index (κ2) is 8.94. The second-order valence-electron chi connectivity index (χ2n) is 5.76. The molecule has 1 saturated heterocycles. The molecule has 1 aliphatic rings. The molecular formula is C15H19Cl3N6O2. The Hall–Kier alpha value is -1.48. The molecule has 0 aromatic carbocycles. The van der Waals surface area contributed by atoms with Gasteiger partial charge in [-0.2, -0.15) is 4.98 Å². The van der Waals surface area contributed by atoms with E-state index in [0.29, 0.717) is 60.3 Å². The highest BCUT2D eigenvalue weighted by Gasteiger charge is 2.23. The Balaban J connectivity index is 1.49. The van der Waals surface area contributed by atoms with Crippen LogP contribution in [-0.2, 0) is 4.74 Å². The first kappa shape index (κ1) is 19.3. The molecule has 1 aliphatic heterocycles. The molecule has 3 N–H and O–H groups in total. The molecule has 2 aromatic heterocycles. The molecule has 0 amide bonds. The molecule has 0 unspecified atom stereocenters. The van der Waals surface area contributed by atoms with Crippen molar-refractivity contribution >= 4 is 46.3 Å². The lowest BCUT2D eigenvalue weighted by molar-refractivity contribution is 0.0659. The Morgan fingerprint density at radius 1 is 1.31 bits per heavy atom. The van der Waals surface area contributed by atoms with Crippen LogP contribution in [-0.4, -0.2) is 46.1 Å². The predicted molar refractivity (Wildman–Crippen MR) is 101 cm³/mol.